The maximum atomic E-state index is 12.6. The van der Waals surface area contributed by atoms with Crippen LogP contribution in [0.2, 0.25) is 0 Å². The van der Waals surface area contributed by atoms with E-state index in [4.69, 9.17) is 4.74 Å². The number of allylic oxidation sites excluding steroid dienone is 2. The van der Waals surface area contributed by atoms with Crippen molar-refractivity contribution in [1.29, 1.82) is 0 Å². The number of likely N-dealkylation sites (tertiary alicyclic amines) is 1. The molecule has 3 amide bonds. The van der Waals surface area contributed by atoms with Gasteiger partial charge in [0, 0.05) is 25.2 Å². The van der Waals surface area contributed by atoms with E-state index in [-0.39, 0.29) is 41.6 Å². The summed E-state index contributed by atoms with van der Waals surface area (Å²) in [5, 5.41) is 3.06. The molecular weight excluding hydrogens is 358 g/mol. The highest BCUT2D eigenvalue weighted by atomic mass is 16.5. The SMILES string of the molecule is O=C(CN1C(=O)[C@H]2CC=CC[C@@H]2C1=O)NCC1(N2CCOCC2)CCCCC1. The van der Waals surface area contributed by atoms with Crippen molar-refractivity contribution in [3.05, 3.63) is 12.2 Å². The van der Waals surface area contributed by atoms with Crippen LogP contribution in [0, 0.1) is 11.8 Å². The first-order chi connectivity index (χ1) is 13.6. The molecule has 0 unspecified atom stereocenters. The van der Waals surface area contributed by atoms with Gasteiger partial charge in [0.15, 0.2) is 0 Å². The van der Waals surface area contributed by atoms with E-state index in [0.29, 0.717) is 19.4 Å². The molecule has 1 saturated carbocycles. The van der Waals surface area contributed by atoms with Gasteiger partial charge < -0.3 is 10.1 Å². The molecule has 0 aromatic carbocycles. The third-order valence-corrected chi connectivity index (χ3v) is 6.98. The predicted octanol–water partition coefficient (Wildman–Crippen LogP) is 1.09. The molecule has 2 aliphatic carbocycles. The smallest absolute Gasteiger partial charge is 0.240 e. The van der Waals surface area contributed by atoms with Crippen LogP contribution in [0.3, 0.4) is 0 Å². The maximum absolute atomic E-state index is 12.6. The van der Waals surface area contributed by atoms with Gasteiger partial charge in [0.25, 0.3) is 0 Å². The Kier molecular flexibility index (Phi) is 5.83. The minimum atomic E-state index is -0.275. The molecule has 0 aromatic rings. The quantitative estimate of drug-likeness (QED) is 0.563. The van der Waals surface area contributed by atoms with Crippen molar-refractivity contribution in [1.82, 2.24) is 15.1 Å². The Balaban J connectivity index is 1.36. The van der Waals surface area contributed by atoms with Crippen LogP contribution < -0.4 is 5.32 Å². The number of hydrogen-bond acceptors (Lipinski definition) is 5. The molecule has 0 aromatic heterocycles. The lowest BCUT2D eigenvalue weighted by molar-refractivity contribution is -0.143. The fourth-order valence-electron chi connectivity index (χ4n) is 5.34. The third-order valence-electron chi connectivity index (χ3n) is 6.98. The van der Waals surface area contributed by atoms with E-state index in [9.17, 15) is 14.4 Å². The zero-order valence-corrected chi connectivity index (χ0v) is 16.5. The van der Waals surface area contributed by atoms with Crippen LogP contribution in [0.5, 0.6) is 0 Å². The number of amides is 3. The molecule has 2 atom stereocenters. The van der Waals surface area contributed by atoms with Crippen molar-refractivity contribution in [2.24, 2.45) is 11.8 Å². The van der Waals surface area contributed by atoms with Crippen LogP contribution >= 0.6 is 0 Å². The van der Waals surface area contributed by atoms with Crippen molar-refractivity contribution >= 4 is 17.7 Å². The standard InChI is InChI=1S/C21H31N3O4/c25-18(14-24-19(26)16-6-2-3-7-17(16)20(24)27)22-15-21(8-4-1-5-9-21)23-10-12-28-13-11-23/h2-3,16-17H,1,4-15H2,(H,22,25)/t16-,17-/m0/s1. The van der Waals surface area contributed by atoms with Crippen molar-refractivity contribution in [3.8, 4) is 0 Å². The normalized spacial score (nSPS) is 30.4. The highest BCUT2D eigenvalue weighted by Gasteiger charge is 2.48. The Morgan fingerprint density at radius 3 is 2.25 bits per heavy atom. The minimum Gasteiger partial charge on any atom is -0.379 e. The second-order valence-corrected chi connectivity index (χ2v) is 8.58. The third kappa shape index (κ3) is 3.74. The van der Waals surface area contributed by atoms with Crippen molar-refractivity contribution in [3.63, 3.8) is 0 Å². The summed E-state index contributed by atoms with van der Waals surface area (Å²) in [6.07, 6.45) is 10.9. The Morgan fingerprint density at radius 2 is 1.64 bits per heavy atom. The number of hydrogen-bond donors (Lipinski definition) is 1. The molecule has 2 aliphatic heterocycles. The number of nitrogens with one attached hydrogen (secondary N) is 1. The molecule has 154 valence electrons. The van der Waals surface area contributed by atoms with Gasteiger partial charge >= 0.3 is 0 Å². The molecule has 1 N–H and O–H groups in total. The fourth-order valence-corrected chi connectivity index (χ4v) is 5.34. The van der Waals surface area contributed by atoms with E-state index in [1.807, 2.05) is 12.2 Å². The summed E-state index contributed by atoms with van der Waals surface area (Å²) in [5.41, 5.74) is -0.0192. The molecule has 4 rings (SSSR count). The number of imide groups is 1. The van der Waals surface area contributed by atoms with E-state index in [1.54, 1.807) is 0 Å². The number of nitrogens with zero attached hydrogens (tertiary/aromatic N) is 2. The summed E-state index contributed by atoms with van der Waals surface area (Å²) < 4.78 is 5.50. The van der Waals surface area contributed by atoms with Crippen LogP contribution in [0.1, 0.15) is 44.9 Å². The highest BCUT2D eigenvalue weighted by molar-refractivity contribution is 6.07. The number of morpholine rings is 1. The molecule has 7 heteroatoms. The van der Waals surface area contributed by atoms with Crippen molar-refractivity contribution in [2.75, 3.05) is 39.4 Å². The fraction of sp³-hybridized carbons (Fsp3) is 0.762. The zero-order valence-electron chi connectivity index (χ0n) is 16.5. The molecule has 0 radical (unpaired) electrons. The molecule has 4 aliphatic rings. The number of ether oxygens (including phenoxy) is 1. The van der Waals surface area contributed by atoms with Crippen LogP contribution in [-0.2, 0) is 19.1 Å². The van der Waals surface area contributed by atoms with E-state index in [2.05, 4.69) is 10.2 Å². The second kappa shape index (κ2) is 8.33. The Morgan fingerprint density at radius 1 is 1.04 bits per heavy atom. The van der Waals surface area contributed by atoms with Gasteiger partial charge in [-0.05, 0) is 25.7 Å². The first kappa shape index (κ1) is 19.6. The summed E-state index contributed by atoms with van der Waals surface area (Å²) in [7, 11) is 0. The average Bonchev–Trinajstić information content (AvgIpc) is 2.99. The van der Waals surface area contributed by atoms with Gasteiger partial charge in [-0.25, -0.2) is 0 Å². The van der Waals surface area contributed by atoms with Gasteiger partial charge in [0.2, 0.25) is 17.7 Å². The molecule has 2 heterocycles. The Labute approximate surface area is 166 Å². The van der Waals surface area contributed by atoms with E-state index in [1.165, 1.54) is 24.2 Å². The Bertz CT molecular complexity index is 624. The molecule has 7 nitrogen and oxygen atoms in total. The number of rotatable bonds is 5. The van der Waals surface area contributed by atoms with Crippen LogP contribution in [0.25, 0.3) is 0 Å². The number of carbonyl (C=O) groups is 3. The lowest BCUT2D eigenvalue weighted by atomic mass is 9.79. The van der Waals surface area contributed by atoms with Gasteiger partial charge in [-0.1, -0.05) is 31.4 Å². The summed E-state index contributed by atoms with van der Waals surface area (Å²) in [6.45, 7) is 3.71. The molecule has 0 spiro atoms. The maximum Gasteiger partial charge on any atom is 0.240 e. The second-order valence-electron chi connectivity index (χ2n) is 8.58. The zero-order chi connectivity index (χ0) is 19.6. The van der Waals surface area contributed by atoms with Crippen LogP contribution in [0.15, 0.2) is 12.2 Å². The lowest BCUT2D eigenvalue weighted by Gasteiger charge is -2.48. The lowest BCUT2D eigenvalue weighted by Crippen LogP contribution is -2.60. The van der Waals surface area contributed by atoms with E-state index in [0.717, 1.165) is 39.1 Å². The number of carbonyl (C=O) groups excluding carboxylic acids is 3. The predicted molar refractivity (Wildman–Crippen MR) is 103 cm³/mol. The largest absolute Gasteiger partial charge is 0.379 e. The number of fused-ring (bicyclic) bond motifs is 1. The minimum absolute atomic E-state index is 0.0192. The topological polar surface area (TPSA) is 79.0 Å². The molecule has 0 bridgehead atoms. The summed E-state index contributed by atoms with van der Waals surface area (Å²) >= 11 is 0. The molecule has 28 heavy (non-hydrogen) atoms. The van der Waals surface area contributed by atoms with Gasteiger partial charge in [0.1, 0.15) is 6.54 Å². The van der Waals surface area contributed by atoms with Crippen LogP contribution in [0.4, 0.5) is 0 Å². The first-order valence-electron chi connectivity index (χ1n) is 10.7. The van der Waals surface area contributed by atoms with Gasteiger partial charge in [-0.3, -0.25) is 24.2 Å². The van der Waals surface area contributed by atoms with Crippen molar-refractivity contribution in [2.45, 2.75) is 50.5 Å². The summed E-state index contributed by atoms with van der Waals surface area (Å²) in [4.78, 5) is 41.4. The molecular formula is C21H31N3O4. The molecule has 2 saturated heterocycles. The van der Waals surface area contributed by atoms with Crippen LogP contribution in [-0.4, -0.2) is 72.5 Å². The Hall–Kier alpha value is -1.73. The monoisotopic (exact) mass is 389 g/mol. The highest BCUT2D eigenvalue weighted by Crippen LogP contribution is 2.35. The summed E-state index contributed by atoms with van der Waals surface area (Å²) in [5.74, 6) is -1.15. The summed E-state index contributed by atoms with van der Waals surface area (Å²) in [6, 6.07) is 0. The first-order valence-corrected chi connectivity index (χ1v) is 10.7. The van der Waals surface area contributed by atoms with Gasteiger partial charge in [-0.2, -0.15) is 0 Å². The van der Waals surface area contributed by atoms with Gasteiger partial charge in [0.05, 0.1) is 25.0 Å². The molecule has 3 fully saturated rings. The van der Waals surface area contributed by atoms with E-state index < -0.39 is 0 Å². The van der Waals surface area contributed by atoms with Gasteiger partial charge in [-0.15, -0.1) is 0 Å². The van der Waals surface area contributed by atoms with E-state index >= 15 is 0 Å². The van der Waals surface area contributed by atoms with Crippen molar-refractivity contribution < 1.29 is 19.1 Å². The average molecular weight is 389 g/mol.